The number of rotatable bonds is 3. The van der Waals surface area contributed by atoms with Gasteiger partial charge in [-0.1, -0.05) is 35.6 Å². The van der Waals surface area contributed by atoms with Crippen LogP contribution in [0.1, 0.15) is 15.4 Å². The molecular formula is C15H13N3OS2. The van der Waals surface area contributed by atoms with Crippen LogP contribution >= 0.6 is 22.7 Å². The van der Waals surface area contributed by atoms with Gasteiger partial charge < -0.3 is 11.1 Å². The minimum atomic E-state index is -0.175. The number of aromatic nitrogens is 1. The van der Waals surface area contributed by atoms with Crippen LogP contribution in [0, 0.1) is 6.92 Å². The average molecular weight is 315 g/mol. The maximum absolute atomic E-state index is 12.4. The molecular weight excluding hydrogens is 302 g/mol. The molecule has 0 saturated heterocycles. The number of para-hydroxylation sites is 1. The highest BCUT2D eigenvalue weighted by atomic mass is 32.1. The van der Waals surface area contributed by atoms with E-state index < -0.39 is 0 Å². The van der Waals surface area contributed by atoms with Crippen molar-refractivity contribution in [1.29, 1.82) is 0 Å². The summed E-state index contributed by atoms with van der Waals surface area (Å²) >= 11 is 2.84. The maximum Gasteiger partial charge on any atom is 0.267 e. The van der Waals surface area contributed by atoms with Crippen LogP contribution in [-0.2, 0) is 0 Å². The highest BCUT2D eigenvalue weighted by molar-refractivity contribution is 7.17. The molecule has 0 bridgehead atoms. The Morgan fingerprint density at radius 2 is 2.05 bits per heavy atom. The molecule has 0 aliphatic carbocycles. The SMILES string of the molecule is Cc1nc(N)sc1C(=O)Nc1ccccc1-c1cccs1. The third-order valence-electron chi connectivity index (χ3n) is 2.98. The molecule has 4 nitrogen and oxygen atoms in total. The number of thiazole rings is 1. The third-order valence-corrected chi connectivity index (χ3v) is 4.87. The van der Waals surface area contributed by atoms with Gasteiger partial charge in [0.05, 0.1) is 5.69 Å². The van der Waals surface area contributed by atoms with E-state index in [0.29, 0.717) is 15.7 Å². The summed E-state index contributed by atoms with van der Waals surface area (Å²) in [6.07, 6.45) is 0. The number of nitrogens with zero attached hydrogens (tertiary/aromatic N) is 1. The van der Waals surface area contributed by atoms with Crippen LogP contribution in [0.2, 0.25) is 0 Å². The Morgan fingerprint density at radius 1 is 1.24 bits per heavy atom. The highest BCUT2D eigenvalue weighted by Crippen LogP contribution is 2.32. The lowest BCUT2D eigenvalue weighted by atomic mass is 10.1. The first-order valence-electron chi connectivity index (χ1n) is 6.32. The number of carbonyl (C=O) groups is 1. The standard InChI is InChI=1S/C15H13N3OS2/c1-9-13(21-15(16)17-9)14(19)18-11-6-3-2-5-10(11)12-7-4-8-20-12/h2-8H,1H3,(H2,16,17)(H,18,19). The van der Waals surface area contributed by atoms with Gasteiger partial charge in [0.2, 0.25) is 0 Å². The van der Waals surface area contributed by atoms with Gasteiger partial charge in [0.25, 0.3) is 5.91 Å². The van der Waals surface area contributed by atoms with Crippen LogP contribution in [0.3, 0.4) is 0 Å². The first-order valence-corrected chi connectivity index (χ1v) is 8.02. The minimum absolute atomic E-state index is 0.175. The number of nitrogen functional groups attached to an aromatic ring is 1. The third kappa shape index (κ3) is 2.81. The lowest BCUT2D eigenvalue weighted by Gasteiger charge is -2.09. The Kier molecular flexibility index (Phi) is 3.72. The van der Waals surface area contributed by atoms with Crippen LogP contribution in [0.4, 0.5) is 10.8 Å². The number of amides is 1. The molecule has 0 aliphatic heterocycles. The monoisotopic (exact) mass is 315 g/mol. The smallest absolute Gasteiger partial charge is 0.267 e. The predicted molar refractivity (Wildman–Crippen MR) is 89.0 cm³/mol. The molecule has 21 heavy (non-hydrogen) atoms. The maximum atomic E-state index is 12.4. The zero-order valence-electron chi connectivity index (χ0n) is 11.3. The molecule has 106 valence electrons. The van der Waals surface area contributed by atoms with Gasteiger partial charge in [0.1, 0.15) is 4.88 Å². The van der Waals surface area contributed by atoms with E-state index in [-0.39, 0.29) is 5.91 Å². The van der Waals surface area contributed by atoms with Gasteiger partial charge in [-0.25, -0.2) is 4.98 Å². The van der Waals surface area contributed by atoms with Gasteiger partial charge in [-0.15, -0.1) is 11.3 Å². The van der Waals surface area contributed by atoms with E-state index in [1.807, 2.05) is 41.8 Å². The fourth-order valence-corrected chi connectivity index (χ4v) is 3.54. The lowest BCUT2D eigenvalue weighted by Crippen LogP contribution is -2.12. The summed E-state index contributed by atoms with van der Waals surface area (Å²) < 4.78 is 0. The molecule has 3 N–H and O–H groups in total. The van der Waals surface area contributed by atoms with Crippen molar-refractivity contribution in [3.8, 4) is 10.4 Å². The molecule has 0 fully saturated rings. The number of thiophene rings is 1. The van der Waals surface area contributed by atoms with Gasteiger partial charge in [-0.2, -0.15) is 0 Å². The van der Waals surface area contributed by atoms with Crippen LogP contribution in [0.25, 0.3) is 10.4 Å². The van der Waals surface area contributed by atoms with Crippen molar-refractivity contribution in [3.05, 3.63) is 52.3 Å². The van der Waals surface area contributed by atoms with E-state index in [9.17, 15) is 4.79 Å². The molecule has 6 heteroatoms. The van der Waals surface area contributed by atoms with Crippen molar-refractivity contribution in [2.45, 2.75) is 6.92 Å². The number of anilines is 2. The number of hydrogen-bond acceptors (Lipinski definition) is 5. The summed E-state index contributed by atoms with van der Waals surface area (Å²) in [6, 6.07) is 11.8. The Morgan fingerprint density at radius 3 is 2.71 bits per heavy atom. The predicted octanol–water partition coefficient (Wildman–Crippen LogP) is 4.01. The van der Waals surface area contributed by atoms with E-state index in [1.54, 1.807) is 18.3 Å². The number of nitrogens with two attached hydrogens (primary N) is 1. The summed E-state index contributed by atoms with van der Waals surface area (Å²) in [5.41, 5.74) is 8.10. The molecule has 2 aromatic heterocycles. The first kappa shape index (κ1) is 13.8. The fraction of sp³-hybridized carbons (Fsp3) is 0.0667. The summed E-state index contributed by atoms with van der Waals surface area (Å²) in [4.78, 5) is 18.1. The molecule has 0 radical (unpaired) electrons. The second-order valence-corrected chi connectivity index (χ2v) is 6.42. The summed E-state index contributed by atoms with van der Waals surface area (Å²) in [5, 5.41) is 5.37. The van der Waals surface area contributed by atoms with E-state index >= 15 is 0 Å². The number of benzene rings is 1. The Labute approximate surface area is 130 Å². The fourth-order valence-electron chi connectivity index (χ4n) is 2.05. The molecule has 0 spiro atoms. The molecule has 1 aromatic carbocycles. The Hall–Kier alpha value is -2.18. The van der Waals surface area contributed by atoms with Crippen molar-refractivity contribution in [3.63, 3.8) is 0 Å². The van der Waals surface area contributed by atoms with Crippen molar-refractivity contribution in [2.75, 3.05) is 11.1 Å². The largest absolute Gasteiger partial charge is 0.375 e. The normalized spacial score (nSPS) is 10.5. The number of hydrogen-bond donors (Lipinski definition) is 2. The summed E-state index contributed by atoms with van der Waals surface area (Å²) in [7, 11) is 0. The topological polar surface area (TPSA) is 68.0 Å². The number of aryl methyl sites for hydroxylation is 1. The number of carbonyl (C=O) groups excluding carboxylic acids is 1. The quantitative estimate of drug-likeness (QED) is 0.767. The van der Waals surface area contributed by atoms with Crippen LogP contribution in [-0.4, -0.2) is 10.9 Å². The van der Waals surface area contributed by atoms with Gasteiger partial charge in [0, 0.05) is 16.1 Å². The Bertz CT molecular complexity index is 778. The molecule has 0 unspecified atom stereocenters. The average Bonchev–Trinajstić information content (AvgIpc) is 3.09. The van der Waals surface area contributed by atoms with Gasteiger partial charge in [-0.05, 0) is 24.4 Å². The van der Waals surface area contributed by atoms with E-state index in [1.165, 1.54) is 11.3 Å². The van der Waals surface area contributed by atoms with Crippen molar-refractivity contribution >= 4 is 39.4 Å². The van der Waals surface area contributed by atoms with Gasteiger partial charge >= 0.3 is 0 Å². The van der Waals surface area contributed by atoms with Gasteiger partial charge in [0.15, 0.2) is 5.13 Å². The molecule has 3 rings (SSSR count). The molecule has 1 amide bonds. The highest BCUT2D eigenvalue weighted by Gasteiger charge is 2.16. The lowest BCUT2D eigenvalue weighted by molar-refractivity contribution is 0.103. The second-order valence-electron chi connectivity index (χ2n) is 4.44. The minimum Gasteiger partial charge on any atom is -0.375 e. The molecule has 3 aromatic rings. The van der Waals surface area contributed by atoms with Crippen molar-refractivity contribution < 1.29 is 4.79 Å². The zero-order chi connectivity index (χ0) is 14.8. The van der Waals surface area contributed by atoms with Crippen LogP contribution < -0.4 is 11.1 Å². The van der Waals surface area contributed by atoms with Crippen LogP contribution in [0.5, 0.6) is 0 Å². The van der Waals surface area contributed by atoms with E-state index in [2.05, 4.69) is 10.3 Å². The molecule has 0 saturated carbocycles. The van der Waals surface area contributed by atoms with Crippen molar-refractivity contribution in [1.82, 2.24) is 4.98 Å². The van der Waals surface area contributed by atoms with Crippen LogP contribution in [0.15, 0.2) is 41.8 Å². The molecule has 2 heterocycles. The number of nitrogens with one attached hydrogen (secondary N) is 1. The molecule has 0 aliphatic rings. The van der Waals surface area contributed by atoms with E-state index in [0.717, 1.165) is 16.1 Å². The summed E-state index contributed by atoms with van der Waals surface area (Å²) in [5.74, 6) is -0.175. The summed E-state index contributed by atoms with van der Waals surface area (Å²) in [6.45, 7) is 1.78. The van der Waals surface area contributed by atoms with E-state index in [4.69, 9.17) is 5.73 Å². The second kappa shape index (κ2) is 5.67. The zero-order valence-corrected chi connectivity index (χ0v) is 12.9. The first-order chi connectivity index (χ1) is 10.1. The van der Waals surface area contributed by atoms with Gasteiger partial charge in [-0.3, -0.25) is 4.79 Å². The molecule has 0 atom stereocenters. The van der Waals surface area contributed by atoms with Crippen molar-refractivity contribution in [2.24, 2.45) is 0 Å². The Balaban J connectivity index is 1.92.